The summed E-state index contributed by atoms with van der Waals surface area (Å²) < 4.78 is 0.798. The third-order valence-electron chi connectivity index (χ3n) is 0.923. The molecular weight excluding hydrogens is 217 g/mol. The number of rotatable bonds is 1. The molecule has 1 aromatic rings. The van der Waals surface area contributed by atoms with Crippen LogP contribution >= 0.6 is 27.5 Å². The average Bonchev–Trinajstić information content (AvgIpc) is 1.88. The van der Waals surface area contributed by atoms with Gasteiger partial charge in [0.15, 0.2) is 0 Å². The molecule has 0 radical (unpaired) electrons. The lowest BCUT2D eigenvalue weighted by Crippen LogP contribution is -1.91. The lowest BCUT2D eigenvalue weighted by atomic mass is 10.4. The van der Waals surface area contributed by atoms with Gasteiger partial charge in [0.25, 0.3) is 5.24 Å². The van der Waals surface area contributed by atoms with E-state index in [2.05, 4.69) is 20.9 Å². The summed E-state index contributed by atoms with van der Waals surface area (Å²) in [5.41, 5.74) is 0.260. The lowest BCUT2D eigenvalue weighted by molar-refractivity contribution is 0.107. The van der Waals surface area contributed by atoms with Crippen LogP contribution in [-0.2, 0) is 0 Å². The van der Waals surface area contributed by atoms with Crippen LogP contribution in [0, 0.1) is 0 Å². The predicted molar refractivity (Wildman–Crippen MR) is 42.1 cm³/mol. The van der Waals surface area contributed by atoms with Crippen molar-refractivity contribution in [2.75, 3.05) is 0 Å². The number of nitrogens with zero attached hydrogens (tertiary/aromatic N) is 1. The number of aromatic nitrogens is 1. The molecule has 0 saturated heterocycles. The van der Waals surface area contributed by atoms with E-state index in [0.717, 1.165) is 4.47 Å². The minimum absolute atomic E-state index is 0.260. The van der Waals surface area contributed by atoms with Gasteiger partial charge in [-0.25, -0.2) is 0 Å². The molecule has 0 aliphatic rings. The molecule has 0 N–H and O–H groups in total. The third kappa shape index (κ3) is 1.78. The Labute approximate surface area is 71.3 Å². The van der Waals surface area contributed by atoms with E-state index in [0.29, 0.717) is 0 Å². The molecule has 0 amide bonds. The highest BCUT2D eigenvalue weighted by atomic mass is 79.9. The van der Waals surface area contributed by atoms with Crippen molar-refractivity contribution in [1.82, 2.24) is 4.98 Å². The molecule has 4 heteroatoms. The topological polar surface area (TPSA) is 30.0 Å². The summed E-state index contributed by atoms with van der Waals surface area (Å²) in [6.45, 7) is 0. The largest absolute Gasteiger partial charge is 0.274 e. The van der Waals surface area contributed by atoms with Crippen molar-refractivity contribution in [3.8, 4) is 0 Å². The maximum absolute atomic E-state index is 10.5. The van der Waals surface area contributed by atoms with E-state index in [-0.39, 0.29) is 5.69 Å². The molecule has 0 aliphatic carbocycles. The molecule has 1 heterocycles. The van der Waals surface area contributed by atoms with Crippen LogP contribution in [0.2, 0.25) is 0 Å². The zero-order valence-corrected chi connectivity index (χ0v) is 7.19. The second kappa shape index (κ2) is 3.12. The molecule has 0 spiro atoms. The molecule has 0 bridgehead atoms. The number of carbonyl (C=O) groups is 1. The first-order valence-electron chi connectivity index (χ1n) is 2.51. The molecular formula is C6H3BrClNO. The Morgan fingerprint density at radius 3 is 2.80 bits per heavy atom. The zero-order chi connectivity index (χ0) is 7.56. The smallest absolute Gasteiger partial charge is 0.270 e. The van der Waals surface area contributed by atoms with Crippen molar-refractivity contribution >= 4 is 32.8 Å². The SMILES string of the molecule is O=C(Cl)c1cc(Br)ccn1. The Morgan fingerprint density at radius 1 is 1.70 bits per heavy atom. The summed E-state index contributed by atoms with van der Waals surface area (Å²) in [5.74, 6) is 0. The van der Waals surface area contributed by atoms with Gasteiger partial charge in [-0.2, -0.15) is 0 Å². The molecule has 0 aromatic carbocycles. The number of pyridine rings is 1. The fourth-order valence-corrected chi connectivity index (χ4v) is 0.951. The molecule has 0 saturated carbocycles. The quantitative estimate of drug-likeness (QED) is 0.679. The fraction of sp³-hybridized carbons (Fsp3) is 0. The minimum Gasteiger partial charge on any atom is -0.274 e. The van der Waals surface area contributed by atoms with E-state index in [1.807, 2.05) is 0 Å². The maximum atomic E-state index is 10.5. The van der Waals surface area contributed by atoms with Gasteiger partial charge in [0.05, 0.1) is 0 Å². The Morgan fingerprint density at radius 2 is 2.40 bits per heavy atom. The van der Waals surface area contributed by atoms with Crippen molar-refractivity contribution in [1.29, 1.82) is 0 Å². The summed E-state index contributed by atoms with van der Waals surface area (Å²) in [6.07, 6.45) is 1.51. The second-order valence-corrected chi connectivity index (χ2v) is 2.89. The number of hydrogen-bond acceptors (Lipinski definition) is 2. The highest BCUT2D eigenvalue weighted by molar-refractivity contribution is 9.10. The number of halogens is 2. The van der Waals surface area contributed by atoms with Crippen LogP contribution in [0.15, 0.2) is 22.8 Å². The summed E-state index contributed by atoms with van der Waals surface area (Å²) in [7, 11) is 0. The van der Waals surface area contributed by atoms with Gasteiger partial charge in [-0.15, -0.1) is 0 Å². The van der Waals surface area contributed by atoms with Gasteiger partial charge in [0.1, 0.15) is 5.69 Å². The Balaban J connectivity index is 3.07. The van der Waals surface area contributed by atoms with Crippen LogP contribution in [0.1, 0.15) is 10.5 Å². The Kier molecular flexibility index (Phi) is 2.40. The normalized spacial score (nSPS) is 9.40. The second-order valence-electron chi connectivity index (χ2n) is 1.63. The summed E-state index contributed by atoms with van der Waals surface area (Å²) >= 11 is 8.33. The Hall–Kier alpha value is -0.410. The maximum Gasteiger partial charge on any atom is 0.270 e. The molecule has 2 nitrogen and oxygen atoms in total. The predicted octanol–water partition coefficient (Wildman–Crippen LogP) is 2.22. The van der Waals surface area contributed by atoms with Crippen LogP contribution in [0.3, 0.4) is 0 Å². The summed E-state index contributed by atoms with van der Waals surface area (Å²) in [5, 5.41) is -0.540. The third-order valence-corrected chi connectivity index (χ3v) is 1.61. The molecule has 52 valence electrons. The summed E-state index contributed by atoms with van der Waals surface area (Å²) in [4.78, 5) is 14.2. The number of carbonyl (C=O) groups excluding carboxylic acids is 1. The molecule has 0 fully saturated rings. The molecule has 1 aromatic heterocycles. The van der Waals surface area contributed by atoms with Crippen LogP contribution in [-0.4, -0.2) is 10.2 Å². The minimum atomic E-state index is -0.540. The van der Waals surface area contributed by atoms with E-state index in [1.165, 1.54) is 6.20 Å². The van der Waals surface area contributed by atoms with E-state index < -0.39 is 5.24 Å². The standard InChI is InChI=1S/C6H3BrClNO/c7-4-1-2-9-5(3-4)6(8)10/h1-3H. The highest BCUT2D eigenvalue weighted by Gasteiger charge is 2.01. The first kappa shape index (κ1) is 7.69. The lowest BCUT2D eigenvalue weighted by Gasteiger charge is -1.91. The van der Waals surface area contributed by atoms with Gasteiger partial charge in [-0.3, -0.25) is 9.78 Å². The van der Waals surface area contributed by atoms with Crippen molar-refractivity contribution in [2.45, 2.75) is 0 Å². The van der Waals surface area contributed by atoms with Gasteiger partial charge >= 0.3 is 0 Å². The van der Waals surface area contributed by atoms with Gasteiger partial charge in [0, 0.05) is 10.7 Å². The van der Waals surface area contributed by atoms with Gasteiger partial charge in [-0.1, -0.05) is 15.9 Å². The van der Waals surface area contributed by atoms with E-state index >= 15 is 0 Å². The molecule has 1 rings (SSSR count). The van der Waals surface area contributed by atoms with Crippen molar-refractivity contribution in [2.24, 2.45) is 0 Å². The van der Waals surface area contributed by atoms with Crippen LogP contribution in [0.25, 0.3) is 0 Å². The van der Waals surface area contributed by atoms with E-state index in [9.17, 15) is 4.79 Å². The van der Waals surface area contributed by atoms with Crippen LogP contribution in [0.5, 0.6) is 0 Å². The molecule has 0 aliphatic heterocycles. The van der Waals surface area contributed by atoms with Crippen molar-refractivity contribution < 1.29 is 4.79 Å². The van der Waals surface area contributed by atoms with Gasteiger partial charge in [0.2, 0.25) is 0 Å². The Bertz CT molecular complexity index is 264. The van der Waals surface area contributed by atoms with Crippen molar-refractivity contribution in [3.63, 3.8) is 0 Å². The fourth-order valence-electron chi connectivity index (χ4n) is 0.512. The zero-order valence-electron chi connectivity index (χ0n) is 4.84. The first-order valence-corrected chi connectivity index (χ1v) is 3.68. The first-order chi connectivity index (χ1) is 4.70. The number of hydrogen-bond donors (Lipinski definition) is 0. The van der Waals surface area contributed by atoms with Crippen LogP contribution in [0.4, 0.5) is 0 Å². The summed E-state index contributed by atoms with van der Waals surface area (Å²) in [6, 6.07) is 3.29. The molecule has 0 atom stereocenters. The average molecular weight is 220 g/mol. The van der Waals surface area contributed by atoms with Gasteiger partial charge < -0.3 is 0 Å². The highest BCUT2D eigenvalue weighted by Crippen LogP contribution is 2.10. The monoisotopic (exact) mass is 219 g/mol. The van der Waals surface area contributed by atoms with E-state index in [4.69, 9.17) is 11.6 Å². The van der Waals surface area contributed by atoms with Gasteiger partial charge in [-0.05, 0) is 23.7 Å². The molecule has 0 unspecified atom stereocenters. The van der Waals surface area contributed by atoms with Crippen molar-refractivity contribution in [3.05, 3.63) is 28.5 Å². The van der Waals surface area contributed by atoms with E-state index in [1.54, 1.807) is 12.1 Å². The molecule has 10 heavy (non-hydrogen) atoms. The van der Waals surface area contributed by atoms with Crippen LogP contribution < -0.4 is 0 Å².